The van der Waals surface area contributed by atoms with E-state index in [4.69, 9.17) is 16.6 Å². The van der Waals surface area contributed by atoms with Gasteiger partial charge in [-0.1, -0.05) is 72.3 Å². The molecule has 3 aromatic carbocycles. The van der Waals surface area contributed by atoms with Gasteiger partial charge in [-0.3, -0.25) is 14.5 Å². The summed E-state index contributed by atoms with van der Waals surface area (Å²) in [7, 11) is 0. The van der Waals surface area contributed by atoms with Gasteiger partial charge in [0.2, 0.25) is 5.91 Å². The van der Waals surface area contributed by atoms with Crippen LogP contribution in [-0.2, 0) is 30.6 Å². The maximum Gasteiger partial charge on any atom is 0.220 e. The molecule has 1 atom stereocenters. The van der Waals surface area contributed by atoms with Crippen molar-refractivity contribution >= 4 is 23.3 Å². The highest BCUT2D eigenvalue weighted by Gasteiger charge is 2.23. The fourth-order valence-corrected chi connectivity index (χ4v) is 7.30. The summed E-state index contributed by atoms with van der Waals surface area (Å²) in [6, 6.07) is 23.1. The molecule has 4 aromatic rings. The molecule has 7 heteroatoms. The van der Waals surface area contributed by atoms with Gasteiger partial charge in [0.1, 0.15) is 5.69 Å². The second-order valence-corrected chi connectivity index (χ2v) is 13.1. The summed E-state index contributed by atoms with van der Waals surface area (Å²) in [6.07, 6.45) is 5.78. The zero-order valence-corrected chi connectivity index (χ0v) is 27.5. The second kappa shape index (κ2) is 14.3. The minimum atomic E-state index is -0.00152. The van der Waals surface area contributed by atoms with E-state index in [1.165, 1.54) is 11.1 Å². The number of amides is 1. The number of aliphatic hydroxyl groups is 1. The highest BCUT2D eigenvalue weighted by molar-refractivity contribution is 6.36. The molecule has 1 aromatic heterocycles. The molecule has 1 fully saturated rings. The largest absolute Gasteiger partial charge is 0.395 e. The number of carbonyl (C=O) groups is 2. The Morgan fingerprint density at radius 3 is 2.54 bits per heavy atom. The van der Waals surface area contributed by atoms with E-state index in [2.05, 4.69) is 60.5 Å². The Balaban J connectivity index is 1.17. The number of hydrogen-bond donors (Lipinski definition) is 2. The highest BCUT2D eigenvalue weighted by atomic mass is 35.5. The van der Waals surface area contributed by atoms with Crippen molar-refractivity contribution in [1.82, 2.24) is 15.2 Å². The van der Waals surface area contributed by atoms with E-state index in [1.807, 2.05) is 30.3 Å². The van der Waals surface area contributed by atoms with Crippen molar-refractivity contribution in [3.8, 4) is 22.3 Å². The van der Waals surface area contributed by atoms with E-state index in [-0.39, 0.29) is 24.7 Å². The number of aliphatic hydroxyl groups excluding tert-OH is 1. The van der Waals surface area contributed by atoms with Gasteiger partial charge in [-0.05, 0) is 91.0 Å². The monoisotopic (exact) mass is 635 g/mol. The third kappa shape index (κ3) is 7.10. The first-order valence-electron chi connectivity index (χ1n) is 16.4. The number of aromatic nitrogens is 1. The Labute approximate surface area is 276 Å². The standard InChI is InChI=1S/C39H42ClN3O3/c1-25-22-35(42-36-24-43(20-21-44)19-18-31(25)36)37(45)23-29-7-4-9-32(26(29)2)34-11-5-10-33(39(34)40)28-14-12-27(13-15-28)6-3-8-30-16-17-38(46)41-30/h4-5,7,9-15,22,30,44H,3,6,8,16-21,23-24H2,1-2H3,(H,41,46)/t30-/m1/s1. The van der Waals surface area contributed by atoms with Crippen LogP contribution >= 0.6 is 11.6 Å². The molecular weight excluding hydrogens is 594 g/mol. The van der Waals surface area contributed by atoms with Gasteiger partial charge in [0.25, 0.3) is 0 Å². The van der Waals surface area contributed by atoms with E-state index in [0.717, 1.165) is 83.3 Å². The van der Waals surface area contributed by atoms with Crippen molar-refractivity contribution in [2.24, 2.45) is 0 Å². The summed E-state index contributed by atoms with van der Waals surface area (Å²) in [5.74, 6) is 0.173. The Kier molecular flexibility index (Phi) is 9.98. The molecule has 3 heterocycles. The minimum absolute atomic E-state index is 0.00152. The molecule has 238 valence electrons. The lowest BCUT2D eigenvalue weighted by Gasteiger charge is -2.28. The maximum absolute atomic E-state index is 13.6. The van der Waals surface area contributed by atoms with Crippen LogP contribution in [0.1, 0.15) is 69.7 Å². The van der Waals surface area contributed by atoms with Gasteiger partial charge < -0.3 is 10.4 Å². The van der Waals surface area contributed by atoms with Crippen LogP contribution in [0, 0.1) is 13.8 Å². The van der Waals surface area contributed by atoms with Crippen LogP contribution in [0.3, 0.4) is 0 Å². The summed E-state index contributed by atoms with van der Waals surface area (Å²) in [4.78, 5) is 32.0. The van der Waals surface area contributed by atoms with Gasteiger partial charge >= 0.3 is 0 Å². The van der Waals surface area contributed by atoms with Crippen LogP contribution in [0.2, 0.25) is 5.02 Å². The molecule has 2 N–H and O–H groups in total. The van der Waals surface area contributed by atoms with Crippen molar-refractivity contribution in [3.05, 3.63) is 111 Å². The van der Waals surface area contributed by atoms with E-state index < -0.39 is 0 Å². The summed E-state index contributed by atoms with van der Waals surface area (Å²) >= 11 is 7.10. The summed E-state index contributed by atoms with van der Waals surface area (Å²) in [6.45, 7) is 6.41. The SMILES string of the molecule is Cc1cc(C(=O)Cc2cccc(-c3cccc(-c4ccc(CCC[C@@H]5CCC(=O)N5)cc4)c3Cl)c2C)nc2c1CCN(CCO)C2. The smallest absolute Gasteiger partial charge is 0.220 e. The predicted octanol–water partition coefficient (Wildman–Crippen LogP) is 7.06. The summed E-state index contributed by atoms with van der Waals surface area (Å²) < 4.78 is 0. The molecule has 6 nitrogen and oxygen atoms in total. The van der Waals surface area contributed by atoms with E-state index >= 15 is 0 Å². The number of benzene rings is 3. The van der Waals surface area contributed by atoms with Gasteiger partial charge in [0.05, 0.1) is 17.3 Å². The summed E-state index contributed by atoms with van der Waals surface area (Å²) in [5.41, 5.74) is 11.1. The third-order valence-corrected chi connectivity index (χ3v) is 10.0. The Morgan fingerprint density at radius 2 is 1.78 bits per heavy atom. The van der Waals surface area contributed by atoms with Crippen molar-refractivity contribution in [2.75, 3.05) is 19.7 Å². The topological polar surface area (TPSA) is 82.5 Å². The van der Waals surface area contributed by atoms with Crippen LogP contribution in [0.15, 0.2) is 66.7 Å². The van der Waals surface area contributed by atoms with Crippen molar-refractivity contribution in [3.63, 3.8) is 0 Å². The highest BCUT2D eigenvalue weighted by Crippen LogP contribution is 2.38. The van der Waals surface area contributed by atoms with Crippen LogP contribution in [-0.4, -0.2) is 52.4 Å². The number of pyridine rings is 1. The van der Waals surface area contributed by atoms with Crippen LogP contribution < -0.4 is 5.32 Å². The number of carbonyl (C=O) groups excluding carboxylic acids is 2. The summed E-state index contributed by atoms with van der Waals surface area (Å²) in [5, 5.41) is 13.1. The molecule has 0 spiro atoms. The quantitative estimate of drug-likeness (QED) is 0.172. The minimum Gasteiger partial charge on any atom is -0.395 e. The fraction of sp³-hybridized carbons (Fsp3) is 0.359. The first kappa shape index (κ1) is 32.1. The van der Waals surface area contributed by atoms with Gasteiger partial charge in [-0.2, -0.15) is 0 Å². The number of rotatable bonds is 11. The number of ketones is 1. The van der Waals surface area contributed by atoms with Gasteiger partial charge in [-0.25, -0.2) is 4.98 Å². The molecule has 1 amide bonds. The van der Waals surface area contributed by atoms with E-state index in [1.54, 1.807) is 0 Å². The van der Waals surface area contributed by atoms with Crippen LogP contribution in [0.4, 0.5) is 0 Å². The molecule has 0 radical (unpaired) electrons. The Morgan fingerprint density at radius 1 is 1.02 bits per heavy atom. The molecule has 0 unspecified atom stereocenters. The number of nitrogens with one attached hydrogen (secondary N) is 1. The molecule has 0 bridgehead atoms. The molecule has 0 aliphatic carbocycles. The zero-order valence-electron chi connectivity index (χ0n) is 26.7. The molecule has 46 heavy (non-hydrogen) atoms. The van der Waals surface area contributed by atoms with Crippen LogP contribution in [0.25, 0.3) is 22.3 Å². The molecule has 0 saturated carbocycles. The number of aryl methyl sites for hydroxylation is 2. The second-order valence-electron chi connectivity index (χ2n) is 12.7. The first-order chi connectivity index (χ1) is 22.3. The van der Waals surface area contributed by atoms with Crippen LogP contribution in [0.5, 0.6) is 0 Å². The molecular formula is C39H42ClN3O3. The number of halogens is 1. The normalized spacial score (nSPS) is 16.3. The van der Waals surface area contributed by atoms with Crippen molar-refractivity contribution in [1.29, 1.82) is 0 Å². The number of fused-ring (bicyclic) bond motifs is 1. The molecule has 2 aliphatic heterocycles. The van der Waals surface area contributed by atoms with Crippen molar-refractivity contribution in [2.45, 2.75) is 71.4 Å². The lowest BCUT2D eigenvalue weighted by molar-refractivity contribution is -0.119. The Bertz CT molecular complexity index is 1750. The molecule has 2 aliphatic rings. The van der Waals surface area contributed by atoms with Crippen molar-refractivity contribution < 1.29 is 14.7 Å². The van der Waals surface area contributed by atoms with Gasteiger partial charge in [0, 0.05) is 49.6 Å². The van der Waals surface area contributed by atoms with Gasteiger partial charge in [-0.15, -0.1) is 0 Å². The van der Waals surface area contributed by atoms with Gasteiger partial charge in [0.15, 0.2) is 5.78 Å². The number of hydrogen-bond acceptors (Lipinski definition) is 5. The lowest BCUT2D eigenvalue weighted by atomic mass is 9.91. The fourth-order valence-electron chi connectivity index (χ4n) is 6.96. The lowest BCUT2D eigenvalue weighted by Crippen LogP contribution is -2.34. The molecule has 1 saturated heterocycles. The maximum atomic E-state index is 13.6. The zero-order chi connectivity index (χ0) is 32.2. The average molecular weight is 636 g/mol. The number of Topliss-reactive ketones (excluding diaryl/α,β-unsaturated/α-hetero) is 1. The van der Waals surface area contributed by atoms with E-state index in [0.29, 0.717) is 36.3 Å². The van der Waals surface area contributed by atoms with E-state index in [9.17, 15) is 14.7 Å². The first-order valence-corrected chi connectivity index (χ1v) is 16.8. The number of β-amino-alcohol motifs (C(OH)–C–C–N with tert-alkyl or cyclic N) is 1. The number of nitrogens with zero attached hydrogens (tertiary/aromatic N) is 2. The third-order valence-electron chi connectivity index (χ3n) is 9.64. The predicted molar refractivity (Wildman–Crippen MR) is 184 cm³/mol. The average Bonchev–Trinajstić information content (AvgIpc) is 3.47. The Hall–Kier alpha value is -3.84. The molecule has 6 rings (SSSR count).